The van der Waals surface area contributed by atoms with Gasteiger partial charge in [-0.05, 0) is 23.3 Å². The lowest BCUT2D eigenvalue weighted by atomic mass is 10.0. The van der Waals surface area contributed by atoms with Crippen LogP contribution in [0, 0.1) is 22.7 Å². The van der Waals surface area contributed by atoms with Crippen molar-refractivity contribution in [2.24, 2.45) is 0 Å². The van der Waals surface area contributed by atoms with Crippen LogP contribution in [-0.2, 0) is 6.54 Å². The molecule has 0 amide bonds. The van der Waals surface area contributed by atoms with Crippen molar-refractivity contribution in [1.82, 2.24) is 4.90 Å². The van der Waals surface area contributed by atoms with Gasteiger partial charge in [0.25, 0.3) is 0 Å². The van der Waals surface area contributed by atoms with Crippen LogP contribution in [0.1, 0.15) is 18.4 Å². The van der Waals surface area contributed by atoms with Crippen molar-refractivity contribution in [2.45, 2.75) is 19.4 Å². The first-order valence-corrected chi connectivity index (χ1v) is 7.58. The molecular weight excluding hydrogens is 286 g/mol. The number of nitriles is 2. The molecule has 2 rings (SSSR count). The minimum atomic E-state index is 0.239. The summed E-state index contributed by atoms with van der Waals surface area (Å²) >= 11 is 0. The summed E-state index contributed by atoms with van der Waals surface area (Å²) in [7, 11) is 0. The Morgan fingerprint density at radius 3 is 2.13 bits per heavy atom. The molecule has 0 atom stereocenters. The van der Waals surface area contributed by atoms with E-state index in [1.807, 2.05) is 47.4 Å². The lowest BCUT2D eigenvalue weighted by molar-refractivity contribution is 0.274. The molecule has 0 spiro atoms. The molecular formula is C19H19N3O. The monoisotopic (exact) mass is 305 g/mol. The predicted molar refractivity (Wildman–Crippen MR) is 89.3 cm³/mol. The average Bonchev–Trinajstić information content (AvgIpc) is 2.59. The number of rotatable bonds is 7. The van der Waals surface area contributed by atoms with Gasteiger partial charge >= 0.3 is 0 Å². The molecule has 2 aromatic carbocycles. The number of hydrogen-bond donors (Lipinski definition) is 1. The van der Waals surface area contributed by atoms with E-state index in [2.05, 4.69) is 12.1 Å². The molecule has 0 aliphatic carbocycles. The Balaban J connectivity index is 2.20. The number of phenolic OH excluding ortho intramolecular Hbond substituents is 1. The zero-order chi connectivity index (χ0) is 16.5. The van der Waals surface area contributed by atoms with Crippen LogP contribution >= 0.6 is 0 Å². The highest BCUT2D eigenvalue weighted by molar-refractivity contribution is 5.65. The number of benzene rings is 2. The average molecular weight is 305 g/mol. The van der Waals surface area contributed by atoms with Gasteiger partial charge in [0.15, 0.2) is 0 Å². The molecule has 23 heavy (non-hydrogen) atoms. The number of hydrogen-bond acceptors (Lipinski definition) is 4. The highest BCUT2D eigenvalue weighted by atomic mass is 16.3. The van der Waals surface area contributed by atoms with Gasteiger partial charge in [-0.15, -0.1) is 0 Å². The lowest BCUT2D eigenvalue weighted by Crippen LogP contribution is -2.25. The summed E-state index contributed by atoms with van der Waals surface area (Å²) in [5, 5.41) is 27.7. The number of aromatic hydroxyl groups is 1. The highest BCUT2D eigenvalue weighted by Gasteiger charge is 2.10. The molecule has 0 saturated carbocycles. The van der Waals surface area contributed by atoms with E-state index in [9.17, 15) is 5.11 Å². The van der Waals surface area contributed by atoms with Crippen LogP contribution < -0.4 is 0 Å². The molecule has 0 radical (unpaired) electrons. The van der Waals surface area contributed by atoms with Gasteiger partial charge in [-0.1, -0.05) is 36.4 Å². The van der Waals surface area contributed by atoms with Gasteiger partial charge in [-0.2, -0.15) is 10.5 Å². The van der Waals surface area contributed by atoms with Crippen molar-refractivity contribution in [3.63, 3.8) is 0 Å². The van der Waals surface area contributed by atoms with E-state index in [0.717, 1.165) is 16.7 Å². The van der Waals surface area contributed by atoms with Crippen LogP contribution in [0.5, 0.6) is 5.75 Å². The van der Waals surface area contributed by atoms with Gasteiger partial charge in [-0.3, -0.25) is 4.90 Å². The summed E-state index contributed by atoms with van der Waals surface area (Å²) in [5.74, 6) is 0.239. The topological polar surface area (TPSA) is 71.0 Å². The van der Waals surface area contributed by atoms with Crippen LogP contribution in [-0.4, -0.2) is 23.1 Å². The summed E-state index contributed by atoms with van der Waals surface area (Å²) in [6.07, 6.45) is 0.815. The van der Waals surface area contributed by atoms with Crippen LogP contribution in [0.15, 0.2) is 48.5 Å². The molecule has 0 aliphatic rings. The Morgan fingerprint density at radius 1 is 0.870 bits per heavy atom. The van der Waals surface area contributed by atoms with Gasteiger partial charge in [0, 0.05) is 38.0 Å². The molecule has 0 unspecified atom stereocenters. The van der Waals surface area contributed by atoms with Crippen LogP contribution in [0.3, 0.4) is 0 Å². The second-order valence-corrected chi connectivity index (χ2v) is 5.30. The lowest BCUT2D eigenvalue weighted by Gasteiger charge is -2.21. The minimum Gasteiger partial charge on any atom is -0.508 e. The summed E-state index contributed by atoms with van der Waals surface area (Å²) in [5.41, 5.74) is 2.94. The van der Waals surface area contributed by atoms with E-state index in [4.69, 9.17) is 10.5 Å². The molecule has 4 heteroatoms. The molecule has 0 bridgehead atoms. The molecule has 0 aliphatic heterocycles. The SMILES string of the molecule is N#CCCN(CCC#N)Cc1cc(-c2ccccc2)ccc1O. The molecule has 116 valence electrons. The fourth-order valence-corrected chi connectivity index (χ4v) is 2.45. The Kier molecular flexibility index (Phi) is 6.17. The fourth-order valence-electron chi connectivity index (χ4n) is 2.45. The van der Waals surface area contributed by atoms with E-state index in [1.54, 1.807) is 6.07 Å². The zero-order valence-electron chi connectivity index (χ0n) is 12.9. The molecule has 1 N–H and O–H groups in total. The van der Waals surface area contributed by atoms with Crippen molar-refractivity contribution in [3.8, 4) is 29.0 Å². The third-order valence-electron chi connectivity index (χ3n) is 3.66. The second kappa shape index (κ2) is 8.58. The van der Waals surface area contributed by atoms with E-state index in [1.165, 1.54) is 0 Å². The molecule has 4 nitrogen and oxygen atoms in total. The van der Waals surface area contributed by atoms with Gasteiger partial charge in [0.2, 0.25) is 0 Å². The summed E-state index contributed by atoms with van der Waals surface area (Å²) in [4.78, 5) is 2.02. The third-order valence-corrected chi connectivity index (χ3v) is 3.66. The van der Waals surface area contributed by atoms with Crippen molar-refractivity contribution < 1.29 is 5.11 Å². The maximum Gasteiger partial charge on any atom is 0.120 e. The van der Waals surface area contributed by atoms with Crippen molar-refractivity contribution >= 4 is 0 Å². The van der Waals surface area contributed by atoms with Crippen LogP contribution in [0.25, 0.3) is 11.1 Å². The fraction of sp³-hybridized carbons (Fsp3) is 0.263. The Hall–Kier alpha value is -2.82. The Labute approximate surface area is 136 Å². The molecule has 0 fully saturated rings. The summed E-state index contributed by atoms with van der Waals surface area (Å²) in [6.45, 7) is 1.70. The first-order chi connectivity index (χ1) is 11.2. The predicted octanol–water partition coefficient (Wildman–Crippen LogP) is 3.69. The largest absolute Gasteiger partial charge is 0.508 e. The summed E-state index contributed by atoms with van der Waals surface area (Å²) in [6, 6.07) is 19.8. The van der Waals surface area contributed by atoms with Gasteiger partial charge in [-0.25, -0.2) is 0 Å². The number of nitrogens with zero attached hydrogens (tertiary/aromatic N) is 3. The Bertz CT molecular complexity index is 696. The van der Waals surface area contributed by atoms with E-state index >= 15 is 0 Å². The highest BCUT2D eigenvalue weighted by Crippen LogP contribution is 2.27. The van der Waals surface area contributed by atoms with Gasteiger partial charge < -0.3 is 5.11 Å². The Morgan fingerprint density at radius 2 is 1.52 bits per heavy atom. The molecule has 0 aromatic heterocycles. The van der Waals surface area contributed by atoms with E-state index < -0.39 is 0 Å². The van der Waals surface area contributed by atoms with Gasteiger partial charge in [0.05, 0.1) is 12.1 Å². The van der Waals surface area contributed by atoms with Crippen molar-refractivity contribution in [3.05, 3.63) is 54.1 Å². The molecule has 2 aromatic rings. The first kappa shape index (κ1) is 16.5. The van der Waals surface area contributed by atoms with Crippen LogP contribution in [0.4, 0.5) is 0 Å². The molecule has 0 heterocycles. The normalized spacial score (nSPS) is 10.2. The quantitative estimate of drug-likeness (QED) is 0.847. The minimum absolute atomic E-state index is 0.239. The second-order valence-electron chi connectivity index (χ2n) is 5.30. The maximum atomic E-state index is 10.1. The van der Waals surface area contributed by atoms with Gasteiger partial charge in [0.1, 0.15) is 5.75 Å². The third kappa shape index (κ3) is 4.85. The smallest absolute Gasteiger partial charge is 0.120 e. The number of phenols is 1. The van der Waals surface area contributed by atoms with Crippen molar-refractivity contribution in [1.29, 1.82) is 10.5 Å². The zero-order valence-corrected chi connectivity index (χ0v) is 12.9. The summed E-state index contributed by atoms with van der Waals surface area (Å²) < 4.78 is 0. The molecule has 0 saturated heterocycles. The van der Waals surface area contributed by atoms with Crippen LogP contribution in [0.2, 0.25) is 0 Å². The first-order valence-electron chi connectivity index (χ1n) is 7.58. The van der Waals surface area contributed by atoms with E-state index in [0.29, 0.717) is 32.5 Å². The van der Waals surface area contributed by atoms with E-state index in [-0.39, 0.29) is 5.75 Å². The maximum absolute atomic E-state index is 10.1. The van der Waals surface area contributed by atoms with Crippen molar-refractivity contribution in [2.75, 3.05) is 13.1 Å². The standard InChI is InChI=1S/C19H19N3O/c20-10-4-12-22(13-5-11-21)15-18-14-17(8-9-19(18)23)16-6-2-1-3-7-16/h1-3,6-9,14,23H,4-5,12-13,15H2.